The second-order valence-electron chi connectivity index (χ2n) is 5.54. The molecule has 0 spiro atoms. The van der Waals surface area contributed by atoms with Crippen LogP contribution in [-0.2, 0) is 4.79 Å². The largest absolute Gasteiger partial charge is 0.341 e. The van der Waals surface area contributed by atoms with Crippen molar-refractivity contribution in [3.05, 3.63) is 0 Å². The normalized spacial score (nSPS) is 29.8. The van der Waals surface area contributed by atoms with Crippen LogP contribution in [0.4, 0.5) is 0 Å². The fourth-order valence-corrected chi connectivity index (χ4v) is 3.10. The van der Waals surface area contributed by atoms with Crippen LogP contribution in [0.2, 0.25) is 0 Å². The summed E-state index contributed by atoms with van der Waals surface area (Å²) in [4.78, 5) is 13.9. The predicted octanol–water partition coefficient (Wildman–Crippen LogP) is 1.76. The van der Waals surface area contributed by atoms with Crippen molar-refractivity contribution in [1.29, 1.82) is 0 Å². The molecule has 2 rings (SSSR count). The van der Waals surface area contributed by atoms with Crippen LogP contribution in [-0.4, -0.2) is 29.9 Å². The highest BCUT2D eigenvalue weighted by atomic mass is 16.2. The van der Waals surface area contributed by atoms with E-state index in [0.717, 1.165) is 25.9 Å². The fraction of sp³-hybridized carbons (Fsp3) is 0.923. The first kappa shape index (κ1) is 11.9. The van der Waals surface area contributed by atoms with E-state index >= 15 is 0 Å². The van der Waals surface area contributed by atoms with Gasteiger partial charge in [0.2, 0.25) is 5.91 Å². The first-order chi connectivity index (χ1) is 7.68. The van der Waals surface area contributed by atoms with Gasteiger partial charge in [0, 0.05) is 25.0 Å². The molecule has 1 heterocycles. The average Bonchev–Trinajstić information content (AvgIpc) is 2.78. The van der Waals surface area contributed by atoms with E-state index in [1.165, 1.54) is 25.7 Å². The molecule has 1 amide bonds. The minimum absolute atomic E-state index is 0.205. The third-order valence-corrected chi connectivity index (χ3v) is 4.23. The van der Waals surface area contributed by atoms with Crippen molar-refractivity contribution in [3.63, 3.8) is 0 Å². The van der Waals surface area contributed by atoms with Crippen molar-refractivity contribution in [2.45, 2.75) is 51.5 Å². The number of amides is 1. The van der Waals surface area contributed by atoms with Crippen molar-refractivity contribution in [2.75, 3.05) is 13.1 Å². The molecule has 1 saturated carbocycles. The van der Waals surface area contributed by atoms with Gasteiger partial charge in [-0.2, -0.15) is 0 Å². The minimum Gasteiger partial charge on any atom is -0.341 e. The van der Waals surface area contributed by atoms with Crippen molar-refractivity contribution in [3.8, 4) is 0 Å². The van der Waals surface area contributed by atoms with E-state index in [1.807, 2.05) is 11.8 Å². The number of carbonyl (C=O) groups is 1. The topological polar surface area (TPSA) is 46.3 Å². The standard InChI is InChI=1S/C13H24N2O/c1-10-5-4-8-15(13(10)16)9-12(14)11-6-2-3-7-11/h10-12H,2-9,14H2,1H3. The quantitative estimate of drug-likeness (QED) is 0.794. The molecule has 0 radical (unpaired) electrons. The fourth-order valence-electron chi connectivity index (χ4n) is 3.10. The Morgan fingerprint density at radius 2 is 2.00 bits per heavy atom. The first-order valence-corrected chi connectivity index (χ1v) is 6.73. The highest BCUT2D eigenvalue weighted by Crippen LogP contribution is 2.28. The molecule has 2 atom stereocenters. The van der Waals surface area contributed by atoms with Gasteiger partial charge in [0.1, 0.15) is 0 Å². The zero-order valence-corrected chi connectivity index (χ0v) is 10.3. The summed E-state index contributed by atoms with van der Waals surface area (Å²) < 4.78 is 0. The molecular formula is C13H24N2O. The van der Waals surface area contributed by atoms with Crippen LogP contribution >= 0.6 is 0 Å². The molecule has 3 heteroatoms. The van der Waals surface area contributed by atoms with Crippen molar-refractivity contribution < 1.29 is 4.79 Å². The van der Waals surface area contributed by atoms with Crippen LogP contribution in [0.3, 0.4) is 0 Å². The minimum atomic E-state index is 0.205. The molecule has 1 aliphatic heterocycles. The maximum Gasteiger partial charge on any atom is 0.225 e. The van der Waals surface area contributed by atoms with E-state index in [1.54, 1.807) is 0 Å². The van der Waals surface area contributed by atoms with Gasteiger partial charge in [0.05, 0.1) is 0 Å². The predicted molar refractivity (Wildman–Crippen MR) is 64.9 cm³/mol. The van der Waals surface area contributed by atoms with Gasteiger partial charge >= 0.3 is 0 Å². The zero-order chi connectivity index (χ0) is 11.5. The van der Waals surface area contributed by atoms with Crippen molar-refractivity contribution in [1.82, 2.24) is 4.90 Å². The summed E-state index contributed by atoms with van der Waals surface area (Å²) in [7, 11) is 0. The summed E-state index contributed by atoms with van der Waals surface area (Å²) in [6.07, 6.45) is 7.36. The lowest BCUT2D eigenvalue weighted by Crippen LogP contribution is -2.48. The number of carbonyl (C=O) groups excluding carboxylic acids is 1. The molecule has 2 unspecified atom stereocenters. The zero-order valence-electron chi connectivity index (χ0n) is 10.3. The van der Waals surface area contributed by atoms with Gasteiger partial charge in [-0.3, -0.25) is 4.79 Å². The number of nitrogens with two attached hydrogens (primary N) is 1. The van der Waals surface area contributed by atoms with Crippen LogP contribution in [0.1, 0.15) is 45.4 Å². The Morgan fingerprint density at radius 3 is 2.69 bits per heavy atom. The molecular weight excluding hydrogens is 200 g/mol. The maximum absolute atomic E-state index is 11.9. The average molecular weight is 224 g/mol. The second-order valence-corrected chi connectivity index (χ2v) is 5.54. The Hall–Kier alpha value is -0.570. The van der Waals surface area contributed by atoms with Crippen LogP contribution in [0.25, 0.3) is 0 Å². The van der Waals surface area contributed by atoms with Gasteiger partial charge < -0.3 is 10.6 Å². The number of hydrogen-bond acceptors (Lipinski definition) is 2. The summed E-state index contributed by atoms with van der Waals surface area (Å²) >= 11 is 0. The van der Waals surface area contributed by atoms with Gasteiger partial charge in [0.25, 0.3) is 0 Å². The number of hydrogen-bond donors (Lipinski definition) is 1. The Balaban J connectivity index is 1.85. The molecule has 2 aliphatic rings. The Bertz CT molecular complexity index is 248. The summed E-state index contributed by atoms with van der Waals surface area (Å²) in [5, 5.41) is 0. The molecule has 3 nitrogen and oxygen atoms in total. The van der Waals surface area contributed by atoms with Crippen LogP contribution in [0, 0.1) is 11.8 Å². The van der Waals surface area contributed by atoms with Crippen LogP contribution in [0.5, 0.6) is 0 Å². The lowest BCUT2D eigenvalue weighted by molar-refractivity contribution is -0.138. The molecule has 1 saturated heterocycles. The van der Waals surface area contributed by atoms with E-state index in [0.29, 0.717) is 11.8 Å². The smallest absolute Gasteiger partial charge is 0.225 e. The number of nitrogens with zero attached hydrogens (tertiary/aromatic N) is 1. The lowest BCUT2D eigenvalue weighted by atomic mass is 9.95. The number of likely N-dealkylation sites (tertiary alicyclic amines) is 1. The van der Waals surface area contributed by atoms with E-state index in [2.05, 4.69) is 0 Å². The molecule has 0 bridgehead atoms. The van der Waals surface area contributed by atoms with Gasteiger partial charge in [-0.1, -0.05) is 19.8 Å². The van der Waals surface area contributed by atoms with Crippen LogP contribution in [0.15, 0.2) is 0 Å². The highest BCUT2D eigenvalue weighted by Gasteiger charge is 2.29. The molecule has 0 aromatic rings. The summed E-state index contributed by atoms with van der Waals surface area (Å²) in [5.41, 5.74) is 6.22. The van der Waals surface area contributed by atoms with Gasteiger partial charge in [-0.05, 0) is 31.6 Å². The molecule has 1 aliphatic carbocycles. The Labute approximate surface area is 98.4 Å². The monoisotopic (exact) mass is 224 g/mol. The molecule has 2 fully saturated rings. The summed E-state index contributed by atoms with van der Waals surface area (Å²) in [6, 6.07) is 0.205. The van der Waals surface area contributed by atoms with E-state index in [-0.39, 0.29) is 12.0 Å². The maximum atomic E-state index is 11.9. The summed E-state index contributed by atoms with van der Waals surface area (Å²) in [6.45, 7) is 3.74. The number of piperidine rings is 1. The Kier molecular flexibility index (Phi) is 3.85. The molecule has 92 valence electrons. The SMILES string of the molecule is CC1CCCN(CC(N)C2CCCC2)C1=O. The van der Waals surface area contributed by atoms with Crippen molar-refractivity contribution >= 4 is 5.91 Å². The molecule has 2 N–H and O–H groups in total. The third-order valence-electron chi connectivity index (χ3n) is 4.23. The van der Waals surface area contributed by atoms with E-state index < -0.39 is 0 Å². The lowest BCUT2D eigenvalue weighted by Gasteiger charge is -2.34. The second kappa shape index (κ2) is 5.17. The van der Waals surface area contributed by atoms with Crippen LogP contribution < -0.4 is 5.73 Å². The van der Waals surface area contributed by atoms with Gasteiger partial charge in [-0.15, -0.1) is 0 Å². The summed E-state index contributed by atoms with van der Waals surface area (Å²) in [5.74, 6) is 1.19. The molecule has 0 aromatic carbocycles. The van der Waals surface area contributed by atoms with E-state index in [4.69, 9.17) is 5.73 Å². The highest BCUT2D eigenvalue weighted by molar-refractivity contribution is 5.79. The first-order valence-electron chi connectivity index (χ1n) is 6.73. The van der Waals surface area contributed by atoms with E-state index in [9.17, 15) is 4.79 Å². The number of rotatable bonds is 3. The van der Waals surface area contributed by atoms with Gasteiger partial charge in [0.15, 0.2) is 0 Å². The van der Waals surface area contributed by atoms with Crippen molar-refractivity contribution in [2.24, 2.45) is 17.6 Å². The molecule has 0 aromatic heterocycles. The van der Waals surface area contributed by atoms with Gasteiger partial charge in [-0.25, -0.2) is 0 Å². The third kappa shape index (κ3) is 2.57. The molecule has 16 heavy (non-hydrogen) atoms. The Morgan fingerprint density at radius 1 is 1.31 bits per heavy atom.